The Hall–Kier alpha value is -3.29. The highest BCUT2D eigenvalue weighted by molar-refractivity contribution is 6.12. The Balaban J connectivity index is 1.97. The number of amides is 1. The van der Waals surface area contributed by atoms with E-state index in [1.807, 2.05) is 13.8 Å². The number of hydrogen-bond donors (Lipinski definition) is 1. The first kappa shape index (κ1) is 19.5. The lowest BCUT2D eigenvalue weighted by atomic mass is 10.1. The normalized spacial score (nSPS) is 11.6. The van der Waals surface area contributed by atoms with Gasteiger partial charge in [-0.15, -0.1) is 0 Å². The molecule has 1 aromatic heterocycles. The van der Waals surface area contributed by atoms with Gasteiger partial charge in [-0.25, -0.2) is 4.79 Å². The minimum atomic E-state index is -4.53. The summed E-state index contributed by atoms with van der Waals surface area (Å²) in [5, 5.41) is 2.72. The van der Waals surface area contributed by atoms with Gasteiger partial charge in [-0.1, -0.05) is 6.07 Å². The molecule has 3 aromatic rings. The summed E-state index contributed by atoms with van der Waals surface area (Å²) in [6, 6.07) is 9.88. The van der Waals surface area contributed by atoms with Gasteiger partial charge in [-0.2, -0.15) is 13.2 Å². The molecule has 0 saturated heterocycles. The summed E-state index contributed by atoms with van der Waals surface area (Å²) in [6.45, 7) is 3.67. The van der Waals surface area contributed by atoms with E-state index in [1.165, 1.54) is 18.2 Å². The first-order chi connectivity index (χ1) is 13.1. The molecule has 0 atom stereocenters. The number of nitrogens with one attached hydrogen (secondary N) is 1. The van der Waals surface area contributed by atoms with Crippen LogP contribution in [0.2, 0.25) is 0 Å². The van der Waals surface area contributed by atoms with Crippen molar-refractivity contribution in [3.8, 4) is 5.75 Å². The first-order valence-corrected chi connectivity index (χ1v) is 8.36. The molecule has 0 bridgehead atoms. The van der Waals surface area contributed by atoms with Crippen molar-refractivity contribution in [1.82, 2.24) is 0 Å². The Labute approximate surface area is 157 Å². The van der Waals surface area contributed by atoms with E-state index in [-0.39, 0.29) is 22.9 Å². The number of anilines is 1. The number of fused-ring (bicyclic) bond motifs is 1. The quantitative estimate of drug-likeness (QED) is 0.646. The molecule has 3 rings (SSSR count). The Bertz CT molecular complexity index is 1090. The van der Waals surface area contributed by atoms with Crippen LogP contribution in [0, 0.1) is 0 Å². The summed E-state index contributed by atoms with van der Waals surface area (Å²) in [6.07, 6.45) is -4.63. The molecule has 0 spiro atoms. The number of halogens is 3. The van der Waals surface area contributed by atoms with Crippen molar-refractivity contribution >= 4 is 22.6 Å². The molecule has 0 aliphatic heterocycles. The largest absolute Gasteiger partial charge is 0.491 e. The second-order valence-electron chi connectivity index (χ2n) is 6.34. The van der Waals surface area contributed by atoms with Gasteiger partial charge < -0.3 is 14.5 Å². The van der Waals surface area contributed by atoms with Crippen LogP contribution in [0.4, 0.5) is 18.9 Å². The third-order valence-corrected chi connectivity index (χ3v) is 3.78. The lowest BCUT2D eigenvalue weighted by Crippen LogP contribution is -2.16. The Morgan fingerprint density at radius 2 is 1.86 bits per heavy atom. The zero-order valence-electron chi connectivity index (χ0n) is 15.0. The zero-order chi connectivity index (χ0) is 20.5. The molecule has 1 amide bonds. The van der Waals surface area contributed by atoms with Crippen LogP contribution in [-0.2, 0) is 6.18 Å². The van der Waals surface area contributed by atoms with Gasteiger partial charge in [0.1, 0.15) is 11.3 Å². The highest BCUT2D eigenvalue weighted by atomic mass is 19.4. The Morgan fingerprint density at radius 3 is 2.54 bits per heavy atom. The fourth-order valence-corrected chi connectivity index (χ4v) is 2.65. The van der Waals surface area contributed by atoms with E-state index >= 15 is 0 Å². The van der Waals surface area contributed by atoms with E-state index in [1.54, 1.807) is 12.1 Å². The fraction of sp³-hybridized carbons (Fsp3) is 0.200. The summed E-state index contributed by atoms with van der Waals surface area (Å²) >= 11 is 0. The van der Waals surface area contributed by atoms with Crippen molar-refractivity contribution in [3.05, 3.63) is 70.1 Å². The number of benzene rings is 2. The number of ether oxygens (including phenoxy) is 1. The molecule has 0 aliphatic carbocycles. The van der Waals surface area contributed by atoms with E-state index in [9.17, 15) is 22.8 Å². The van der Waals surface area contributed by atoms with Crippen molar-refractivity contribution < 1.29 is 27.1 Å². The lowest BCUT2D eigenvalue weighted by Gasteiger charge is -2.12. The van der Waals surface area contributed by atoms with E-state index in [0.717, 1.165) is 18.2 Å². The van der Waals surface area contributed by atoms with E-state index in [2.05, 4.69) is 5.32 Å². The van der Waals surface area contributed by atoms with Gasteiger partial charge in [-0.3, -0.25) is 4.79 Å². The third-order valence-electron chi connectivity index (χ3n) is 3.78. The third kappa shape index (κ3) is 4.33. The van der Waals surface area contributed by atoms with Gasteiger partial charge in [0.2, 0.25) is 0 Å². The van der Waals surface area contributed by atoms with Crippen molar-refractivity contribution in [3.63, 3.8) is 0 Å². The minimum Gasteiger partial charge on any atom is -0.491 e. The number of hydrogen-bond acceptors (Lipinski definition) is 4. The van der Waals surface area contributed by atoms with Crippen molar-refractivity contribution in [2.24, 2.45) is 0 Å². The van der Waals surface area contributed by atoms with Gasteiger partial charge >= 0.3 is 11.8 Å². The summed E-state index contributed by atoms with van der Waals surface area (Å²) in [5.41, 5.74) is -1.57. The van der Waals surface area contributed by atoms with Crippen molar-refractivity contribution in [2.45, 2.75) is 26.1 Å². The highest BCUT2D eigenvalue weighted by Gasteiger charge is 2.30. The number of carbonyl (C=O) groups is 1. The molecule has 8 heteroatoms. The Kier molecular flexibility index (Phi) is 5.13. The number of carbonyl (C=O) groups excluding carboxylic acids is 1. The number of alkyl halides is 3. The molecule has 2 aromatic carbocycles. The van der Waals surface area contributed by atoms with Crippen LogP contribution < -0.4 is 15.7 Å². The average Bonchev–Trinajstić information content (AvgIpc) is 2.59. The molecule has 0 unspecified atom stereocenters. The van der Waals surface area contributed by atoms with Crippen LogP contribution >= 0.6 is 0 Å². The van der Waals surface area contributed by atoms with E-state index < -0.39 is 23.3 Å². The SMILES string of the molecule is CC(C)Oc1ccc2c(C(=O)Nc3cccc(C(F)(F)F)c3)cc(=O)oc2c1. The second kappa shape index (κ2) is 7.38. The van der Waals surface area contributed by atoms with Crippen LogP contribution in [0.3, 0.4) is 0 Å². The zero-order valence-corrected chi connectivity index (χ0v) is 15.0. The van der Waals surface area contributed by atoms with Gasteiger partial charge in [0.05, 0.1) is 17.2 Å². The predicted octanol–water partition coefficient (Wildman–Crippen LogP) is 4.85. The predicted molar refractivity (Wildman–Crippen MR) is 97.6 cm³/mol. The minimum absolute atomic E-state index is 0.0141. The van der Waals surface area contributed by atoms with Crippen molar-refractivity contribution in [1.29, 1.82) is 0 Å². The molecule has 146 valence electrons. The summed E-state index contributed by atoms with van der Waals surface area (Å²) < 4.78 is 49.2. The topological polar surface area (TPSA) is 68.5 Å². The second-order valence-corrected chi connectivity index (χ2v) is 6.34. The highest BCUT2D eigenvalue weighted by Crippen LogP contribution is 2.31. The lowest BCUT2D eigenvalue weighted by molar-refractivity contribution is -0.137. The van der Waals surface area contributed by atoms with Crippen LogP contribution in [0.5, 0.6) is 5.75 Å². The van der Waals surface area contributed by atoms with E-state index in [4.69, 9.17) is 9.15 Å². The molecule has 0 radical (unpaired) electrons. The molecule has 0 saturated carbocycles. The van der Waals surface area contributed by atoms with Gasteiger partial charge in [0.25, 0.3) is 5.91 Å². The first-order valence-electron chi connectivity index (χ1n) is 8.36. The van der Waals surface area contributed by atoms with Crippen LogP contribution in [-0.4, -0.2) is 12.0 Å². The van der Waals surface area contributed by atoms with Gasteiger partial charge in [0.15, 0.2) is 0 Å². The smallest absolute Gasteiger partial charge is 0.416 e. The van der Waals surface area contributed by atoms with Gasteiger partial charge in [0, 0.05) is 23.2 Å². The average molecular weight is 391 g/mol. The maximum absolute atomic E-state index is 12.8. The molecule has 1 N–H and O–H groups in total. The van der Waals surface area contributed by atoms with E-state index in [0.29, 0.717) is 11.1 Å². The molecule has 0 fully saturated rings. The molecular weight excluding hydrogens is 375 g/mol. The van der Waals surface area contributed by atoms with Crippen molar-refractivity contribution in [2.75, 3.05) is 5.32 Å². The molecule has 5 nitrogen and oxygen atoms in total. The molecular formula is C20H16F3NO4. The summed E-state index contributed by atoms with van der Waals surface area (Å²) in [5.74, 6) is -0.268. The molecule has 1 heterocycles. The van der Waals surface area contributed by atoms with Crippen LogP contribution in [0.15, 0.2) is 57.7 Å². The summed E-state index contributed by atoms with van der Waals surface area (Å²) in [7, 11) is 0. The van der Waals surface area contributed by atoms with Crippen LogP contribution in [0.1, 0.15) is 29.8 Å². The van der Waals surface area contributed by atoms with Crippen LogP contribution in [0.25, 0.3) is 11.0 Å². The Morgan fingerprint density at radius 1 is 1.11 bits per heavy atom. The number of rotatable bonds is 4. The maximum atomic E-state index is 12.8. The molecule has 28 heavy (non-hydrogen) atoms. The standard InChI is InChI=1S/C20H16F3NO4/c1-11(2)27-14-6-7-15-16(10-18(25)28-17(15)9-14)19(26)24-13-5-3-4-12(8-13)20(21,22)23/h3-11H,1-2H3,(H,24,26). The maximum Gasteiger partial charge on any atom is 0.416 e. The fourth-order valence-electron chi connectivity index (χ4n) is 2.65. The van der Waals surface area contributed by atoms with Gasteiger partial charge in [-0.05, 0) is 44.2 Å². The monoisotopic (exact) mass is 391 g/mol. The molecule has 0 aliphatic rings. The summed E-state index contributed by atoms with van der Waals surface area (Å²) in [4.78, 5) is 24.4.